The van der Waals surface area contributed by atoms with Gasteiger partial charge in [0.2, 0.25) is 0 Å². The highest BCUT2D eigenvalue weighted by atomic mass is 16.5. The molecule has 2 aromatic carbocycles. The Labute approximate surface area is 152 Å². The number of Topliss-reactive ketones (excluding diaryl/α,β-unsaturated/α-hetero) is 1. The number of ketones is 1. The van der Waals surface area contributed by atoms with E-state index in [1.54, 1.807) is 68.4 Å². The summed E-state index contributed by atoms with van der Waals surface area (Å²) in [6, 6.07) is 16.2. The number of hydrogen-bond donors (Lipinski definition) is 2. The molecule has 0 heterocycles. The van der Waals surface area contributed by atoms with Crippen molar-refractivity contribution in [1.29, 1.82) is 0 Å². The Bertz CT molecular complexity index is 747. The highest BCUT2D eigenvalue weighted by molar-refractivity contribution is 6.01. The van der Waals surface area contributed by atoms with E-state index in [2.05, 4.69) is 10.9 Å². The molecule has 0 saturated heterocycles. The number of ether oxygens (including phenoxy) is 1. The van der Waals surface area contributed by atoms with Gasteiger partial charge in [-0.15, -0.1) is 0 Å². The first-order valence-corrected chi connectivity index (χ1v) is 8.41. The van der Waals surface area contributed by atoms with Gasteiger partial charge in [0, 0.05) is 17.0 Å². The maximum Gasteiger partial charge on any atom is 0.325 e. The van der Waals surface area contributed by atoms with Gasteiger partial charge in [-0.25, -0.2) is 5.43 Å². The van der Waals surface area contributed by atoms with E-state index in [0.29, 0.717) is 11.1 Å². The van der Waals surface area contributed by atoms with E-state index >= 15 is 0 Å². The maximum atomic E-state index is 12.6. The van der Waals surface area contributed by atoms with E-state index in [4.69, 9.17) is 4.74 Å². The minimum absolute atomic E-state index is 0.176. The van der Waals surface area contributed by atoms with Gasteiger partial charge in [-0.2, -0.15) is 0 Å². The first-order chi connectivity index (χ1) is 12.5. The van der Waals surface area contributed by atoms with Crippen LogP contribution in [0.2, 0.25) is 0 Å². The number of hydrazine groups is 1. The lowest BCUT2D eigenvalue weighted by Gasteiger charge is -2.23. The van der Waals surface area contributed by atoms with E-state index in [-0.39, 0.29) is 12.4 Å². The number of esters is 1. The first-order valence-electron chi connectivity index (χ1n) is 8.41. The number of nitrogens with one attached hydrogen (secondary N) is 2. The SMILES string of the molecule is CCOC(=O)C(NNC(=O)c1ccccc1)C(C)C(=O)c1ccccc1. The molecule has 0 saturated carbocycles. The Kier molecular flexibility index (Phi) is 7.05. The molecule has 0 aliphatic carbocycles. The molecule has 2 atom stereocenters. The molecule has 2 N–H and O–H groups in total. The lowest BCUT2D eigenvalue weighted by molar-refractivity contribution is -0.146. The third kappa shape index (κ3) is 5.00. The van der Waals surface area contributed by atoms with Gasteiger partial charge in [-0.05, 0) is 19.1 Å². The maximum absolute atomic E-state index is 12.6. The fourth-order valence-electron chi connectivity index (χ4n) is 2.44. The van der Waals surface area contributed by atoms with Crippen LogP contribution in [-0.2, 0) is 9.53 Å². The highest BCUT2D eigenvalue weighted by Gasteiger charge is 2.32. The predicted molar refractivity (Wildman–Crippen MR) is 97.4 cm³/mol. The summed E-state index contributed by atoms with van der Waals surface area (Å²) in [7, 11) is 0. The van der Waals surface area contributed by atoms with Gasteiger partial charge < -0.3 is 4.74 Å². The lowest BCUT2D eigenvalue weighted by Crippen LogP contribution is -2.53. The number of amides is 1. The summed E-state index contributed by atoms with van der Waals surface area (Å²) < 4.78 is 5.04. The van der Waals surface area contributed by atoms with E-state index in [0.717, 1.165) is 0 Å². The molecular formula is C20H22N2O4. The van der Waals surface area contributed by atoms with Gasteiger partial charge in [-0.3, -0.25) is 19.8 Å². The average molecular weight is 354 g/mol. The van der Waals surface area contributed by atoms with E-state index < -0.39 is 23.8 Å². The molecule has 2 rings (SSSR count). The van der Waals surface area contributed by atoms with Crippen LogP contribution in [0.5, 0.6) is 0 Å². The van der Waals surface area contributed by atoms with Crippen molar-refractivity contribution in [2.75, 3.05) is 6.61 Å². The molecule has 0 bridgehead atoms. The van der Waals surface area contributed by atoms with Gasteiger partial charge in [0.15, 0.2) is 5.78 Å². The molecule has 0 aromatic heterocycles. The zero-order valence-corrected chi connectivity index (χ0v) is 14.8. The molecule has 26 heavy (non-hydrogen) atoms. The van der Waals surface area contributed by atoms with Crippen LogP contribution in [0.4, 0.5) is 0 Å². The van der Waals surface area contributed by atoms with Crippen LogP contribution in [0.3, 0.4) is 0 Å². The van der Waals surface area contributed by atoms with E-state index in [1.165, 1.54) is 0 Å². The largest absolute Gasteiger partial charge is 0.465 e. The minimum Gasteiger partial charge on any atom is -0.465 e. The van der Waals surface area contributed by atoms with Crippen LogP contribution >= 0.6 is 0 Å². The second-order valence-electron chi connectivity index (χ2n) is 5.71. The van der Waals surface area contributed by atoms with Gasteiger partial charge >= 0.3 is 5.97 Å². The summed E-state index contributed by atoms with van der Waals surface area (Å²) in [4.78, 5) is 37.1. The number of benzene rings is 2. The fraction of sp³-hybridized carbons (Fsp3) is 0.250. The van der Waals surface area contributed by atoms with Crippen molar-refractivity contribution in [2.24, 2.45) is 5.92 Å². The third-order valence-corrected chi connectivity index (χ3v) is 3.89. The molecule has 0 radical (unpaired) electrons. The number of rotatable bonds is 8. The van der Waals surface area contributed by atoms with E-state index in [1.807, 2.05) is 6.07 Å². The van der Waals surface area contributed by atoms with Crippen LogP contribution in [0.25, 0.3) is 0 Å². The molecule has 6 nitrogen and oxygen atoms in total. The smallest absolute Gasteiger partial charge is 0.325 e. The molecule has 6 heteroatoms. The van der Waals surface area contributed by atoms with Crippen molar-refractivity contribution in [3.05, 3.63) is 71.8 Å². The number of carbonyl (C=O) groups is 3. The predicted octanol–water partition coefficient (Wildman–Crippen LogP) is 2.37. The Hall–Kier alpha value is -2.99. The topological polar surface area (TPSA) is 84.5 Å². The molecule has 2 unspecified atom stereocenters. The Morgan fingerprint density at radius 2 is 1.46 bits per heavy atom. The van der Waals surface area contributed by atoms with Gasteiger partial charge in [0.05, 0.1) is 6.61 Å². The molecule has 136 valence electrons. The first kappa shape index (κ1) is 19.3. The molecule has 2 aromatic rings. The van der Waals surface area contributed by atoms with Gasteiger partial charge in [0.1, 0.15) is 6.04 Å². The minimum atomic E-state index is -1.00. The van der Waals surface area contributed by atoms with Crippen molar-refractivity contribution < 1.29 is 19.1 Å². The van der Waals surface area contributed by atoms with Crippen molar-refractivity contribution in [2.45, 2.75) is 19.9 Å². The van der Waals surface area contributed by atoms with Crippen LogP contribution in [-0.4, -0.2) is 30.3 Å². The molecule has 0 fully saturated rings. The summed E-state index contributed by atoms with van der Waals surface area (Å²) in [6.45, 7) is 3.48. The van der Waals surface area contributed by atoms with Crippen molar-refractivity contribution in [1.82, 2.24) is 10.9 Å². The second-order valence-corrected chi connectivity index (χ2v) is 5.71. The van der Waals surface area contributed by atoms with Crippen LogP contribution in [0.15, 0.2) is 60.7 Å². The summed E-state index contributed by atoms with van der Waals surface area (Å²) in [5.41, 5.74) is 6.07. The number of carbonyl (C=O) groups excluding carboxylic acids is 3. The Morgan fingerprint density at radius 1 is 0.923 bits per heavy atom. The molecule has 0 aliphatic rings. The summed E-state index contributed by atoms with van der Waals surface area (Å²) in [5.74, 6) is -1.95. The fourth-order valence-corrected chi connectivity index (χ4v) is 2.44. The normalized spacial score (nSPS) is 12.7. The Balaban J connectivity index is 2.11. The lowest BCUT2D eigenvalue weighted by atomic mass is 9.93. The highest BCUT2D eigenvalue weighted by Crippen LogP contribution is 2.13. The van der Waals surface area contributed by atoms with Crippen LogP contribution in [0.1, 0.15) is 34.6 Å². The molecule has 0 spiro atoms. The summed E-state index contributed by atoms with van der Waals surface area (Å²) in [5, 5.41) is 0. The summed E-state index contributed by atoms with van der Waals surface area (Å²) in [6.07, 6.45) is 0. The van der Waals surface area contributed by atoms with Crippen LogP contribution < -0.4 is 10.9 Å². The van der Waals surface area contributed by atoms with E-state index in [9.17, 15) is 14.4 Å². The van der Waals surface area contributed by atoms with Crippen molar-refractivity contribution >= 4 is 17.7 Å². The molecule has 0 aliphatic heterocycles. The Morgan fingerprint density at radius 3 is 2.00 bits per heavy atom. The quantitative estimate of drug-likeness (QED) is 0.432. The van der Waals surface area contributed by atoms with Crippen molar-refractivity contribution in [3.63, 3.8) is 0 Å². The average Bonchev–Trinajstić information content (AvgIpc) is 2.68. The molecule has 1 amide bonds. The van der Waals surface area contributed by atoms with Crippen LogP contribution in [0, 0.1) is 5.92 Å². The third-order valence-electron chi connectivity index (χ3n) is 3.89. The van der Waals surface area contributed by atoms with Gasteiger partial charge in [-0.1, -0.05) is 55.5 Å². The molecular weight excluding hydrogens is 332 g/mol. The summed E-state index contributed by atoms with van der Waals surface area (Å²) >= 11 is 0. The monoisotopic (exact) mass is 354 g/mol. The second kappa shape index (κ2) is 9.48. The standard InChI is InChI=1S/C20H22N2O4/c1-3-26-20(25)17(14(2)18(23)15-10-6-4-7-11-15)21-22-19(24)16-12-8-5-9-13-16/h4-14,17,21H,3H2,1-2H3,(H,22,24). The van der Waals surface area contributed by atoms with Gasteiger partial charge in [0.25, 0.3) is 5.91 Å². The zero-order chi connectivity index (χ0) is 18.9. The number of hydrogen-bond acceptors (Lipinski definition) is 5. The van der Waals surface area contributed by atoms with Crippen molar-refractivity contribution in [3.8, 4) is 0 Å². The zero-order valence-electron chi connectivity index (χ0n) is 14.8.